The molecular weight excluding hydrogens is 619 g/mol. The second-order valence-corrected chi connectivity index (χ2v) is 18.3. The molecule has 3 aromatic carbocycles. The number of carbonyl (C=O) groups is 1. The Balaban J connectivity index is 1.19. The van der Waals surface area contributed by atoms with E-state index in [9.17, 15) is 9.90 Å². The molecule has 0 unspecified atom stereocenters. The Morgan fingerprint density at radius 2 is 1.75 bits per heavy atom. The van der Waals surface area contributed by atoms with Crippen molar-refractivity contribution in [1.29, 1.82) is 0 Å². The Kier molecular flexibility index (Phi) is 10.5. The highest BCUT2D eigenvalue weighted by Crippen LogP contribution is 2.46. The van der Waals surface area contributed by atoms with Crippen LogP contribution in [0.5, 0.6) is 5.75 Å². The highest BCUT2D eigenvalue weighted by Gasteiger charge is 2.50. The predicted octanol–water partition coefficient (Wildman–Crippen LogP) is 5.76. The van der Waals surface area contributed by atoms with Gasteiger partial charge in [-0.3, -0.25) is 9.48 Å². The summed E-state index contributed by atoms with van der Waals surface area (Å²) in [7, 11) is -0.291. The molecule has 0 saturated carbocycles. The maximum atomic E-state index is 13.0. The van der Waals surface area contributed by atoms with E-state index in [-0.39, 0.29) is 24.7 Å². The molecule has 48 heavy (non-hydrogen) atoms. The van der Waals surface area contributed by atoms with E-state index < -0.39 is 8.07 Å². The average molecular weight is 666 g/mol. The molecule has 1 amide bonds. The first-order valence-electron chi connectivity index (χ1n) is 17.1. The molecule has 4 aromatic rings. The Bertz CT molecular complexity index is 1710. The van der Waals surface area contributed by atoms with E-state index in [1.54, 1.807) is 12.1 Å². The second-order valence-electron chi connectivity index (χ2n) is 13.6. The van der Waals surface area contributed by atoms with Crippen molar-refractivity contribution >= 4 is 30.6 Å². The Morgan fingerprint density at radius 3 is 2.50 bits per heavy atom. The Hall–Kier alpha value is -4.12. The number of hydrogen-bond acceptors (Lipinski definition) is 7. The minimum absolute atomic E-state index is 0.0202. The molecule has 2 aliphatic heterocycles. The van der Waals surface area contributed by atoms with Crippen LogP contribution in [0.25, 0.3) is 0 Å². The van der Waals surface area contributed by atoms with Crippen molar-refractivity contribution in [3.63, 3.8) is 0 Å². The van der Waals surface area contributed by atoms with E-state index in [2.05, 4.69) is 66.7 Å². The summed E-state index contributed by atoms with van der Waals surface area (Å²) in [5.41, 5.74) is 5.17. The van der Waals surface area contributed by atoms with Crippen LogP contribution >= 0.6 is 0 Å². The summed E-state index contributed by atoms with van der Waals surface area (Å²) in [5.74, 6) is 1.25. The predicted molar refractivity (Wildman–Crippen MR) is 192 cm³/mol. The van der Waals surface area contributed by atoms with Gasteiger partial charge in [-0.05, 0) is 66.1 Å². The molecule has 1 aromatic heterocycles. The van der Waals surface area contributed by atoms with Gasteiger partial charge < -0.3 is 14.6 Å². The number of carbonyl (C=O) groups excluding carboxylic acids is 1. The van der Waals surface area contributed by atoms with Crippen LogP contribution in [-0.4, -0.2) is 65.7 Å². The summed E-state index contributed by atoms with van der Waals surface area (Å²) in [6.07, 6.45) is 6.30. The molecule has 6 rings (SSSR count). The third kappa shape index (κ3) is 7.46. The topological polar surface area (TPSA) is 102 Å². The van der Waals surface area contributed by atoms with Crippen molar-refractivity contribution < 1.29 is 19.4 Å². The Morgan fingerprint density at radius 1 is 0.958 bits per heavy atom. The summed E-state index contributed by atoms with van der Waals surface area (Å²) in [5, 5.41) is 25.6. The summed E-state index contributed by atoms with van der Waals surface area (Å²) >= 11 is 0. The van der Waals surface area contributed by atoms with Gasteiger partial charge in [0.2, 0.25) is 5.91 Å². The highest BCUT2D eigenvalue weighted by molar-refractivity contribution is 6.91. The molecular formula is C38H47N5O4Si. The van der Waals surface area contributed by atoms with Crippen molar-refractivity contribution in [3.8, 4) is 5.75 Å². The second kappa shape index (κ2) is 15.0. The summed E-state index contributed by atoms with van der Waals surface area (Å²) in [4.78, 5) is 13.0. The number of ether oxygens (including phenoxy) is 2. The summed E-state index contributed by atoms with van der Waals surface area (Å²) < 4.78 is 14.3. The van der Waals surface area contributed by atoms with E-state index in [0.717, 1.165) is 47.7 Å². The SMILES string of the molecule is COc1ccc([Si](C)(C)[C@H]2[C@H](C)[C@H](CCc3cccc(N4N=C(c5ccccc5)CCC4=O)c3)O[C@@H]2CCn2cc(CCO)nn2)cc1. The first kappa shape index (κ1) is 33.8. The van der Waals surface area contributed by atoms with Crippen LogP contribution in [-0.2, 0) is 28.9 Å². The van der Waals surface area contributed by atoms with Crippen LogP contribution in [0, 0.1) is 5.92 Å². The minimum Gasteiger partial charge on any atom is -0.497 e. The van der Waals surface area contributed by atoms with Crippen molar-refractivity contribution in [2.24, 2.45) is 11.0 Å². The molecule has 10 heteroatoms. The number of aliphatic hydroxyl groups is 1. The molecule has 9 nitrogen and oxygen atoms in total. The van der Waals surface area contributed by atoms with Gasteiger partial charge >= 0.3 is 0 Å². The largest absolute Gasteiger partial charge is 0.497 e. The zero-order valence-corrected chi connectivity index (χ0v) is 29.5. The van der Waals surface area contributed by atoms with E-state index in [0.29, 0.717) is 37.3 Å². The van der Waals surface area contributed by atoms with Crippen molar-refractivity contribution in [2.45, 2.75) is 82.8 Å². The van der Waals surface area contributed by atoms with E-state index in [4.69, 9.17) is 14.6 Å². The molecule has 0 aliphatic carbocycles. The smallest absolute Gasteiger partial charge is 0.247 e. The third-order valence-electron chi connectivity index (χ3n) is 10.2. The molecule has 0 spiro atoms. The van der Waals surface area contributed by atoms with Crippen LogP contribution < -0.4 is 14.9 Å². The normalized spacial score (nSPS) is 21.4. The van der Waals surface area contributed by atoms with Gasteiger partial charge in [-0.2, -0.15) is 5.10 Å². The number of methoxy groups -OCH3 is 1. The van der Waals surface area contributed by atoms with Gasteiger partial charge in [0.1, 0.15) is 5.75 Å². The molecule has 4 atom stereocenters. The number of aryl methyl sites for hydroxylation is 2. The van der Waals surface area contributed by atoms with Crippen molar-refractivity contribution in [2.75, 3.05) is 18.7 Å². The zero-order valence-electron chi connectivity index (χ0n) is 28.5. The zero-order chi connectivity index (χ0) is 33.7. The van der Waals surface area contributed by atoms with Gasteiger partial charge in [-0.15, -0.1) is 5.10 Å². The quantitative estimate of drug-likeness (QED) is 0.182. The van der Waals surface area contributed by atoms with Crippen LogP contribution in [0.3, 0.4) is 0 Å². The van der Waals surface area contributed by atoms with Gasteiger partial charge in [0.25, 0.3) is 0 Å². The summed E-state index contributed by atoms with van der Waals surface area (Å²) in [6.45, 7) is 8.07. The van der Waals surface area contributed by atoms with Crippen LogP contribution in [0.15, 0.2) is 90.2 Å². The monoisotopic (exact) mass is 665 g/mol. The number of hydrogen-bond donors (Lipinski definition) is 1. The van der Waals surface area contributed by atoms with E-state index in [1.165, 1.54) is 10.8 Å². The van der Waals surface area contributed by atoms with E-state index in [1.807, 2.05) is 53.3 Å². The number of anilines is 1. The number of aliphatic hydroxyl groups excluding tert-OH is 1. The highest BCUT2D eigenvalue weighted by atomic mass is 28.3. The number of benzene rings is 3. The van der Waals surface area contributed by atoms with Crippen molar-refractivity contribution in [3.05, 3.63) is 102 Å². The first-order valence-corrected chi connectivity index (χ1v) is 20.2. The van der Waals surface area contributed by atoms with Gasteiger partial charge in [-0.25, -0.2) is 5.01 Å². The average Bonchev–Trinajstić information content (AvgIpc) is 3.70. The molecule has 2 aliphatic rings. The lowest BCUT2D eigenvalue weighted by Gasteiger charge is -2.36. The fourth-order valence-corrected chi connectivity index (χ4v) is 11.7. The maximum Gasteiger partial charge on any atom is 0.247 e. The molecule has 0 radical (unpaired) electrons. The molecule has 1 N–H and O–H groups in total. The van der Waals surface area contributed by atoms with E-state index >= 15 is 0 Å². The van der Waals surface area contributed by atoms with Gasteiger partial charge in [0, 0.05) is 38.6 Å². The fourth-order valence-electron chi connectivity index (χ4n) is 7.60. The van der Waals surface area contributed by atoms with Crippen LogP contribution in [0.2, 0.25) is 18.6 Å². The van der Waals surface area contributed by atoms with Crippen molar-refractivity contribution in [1.82, 2.24) is 15.0 Å². The maximum absolute atomic E-state index is 13.0. The minimum atomic E-state index is -2.00. The van der Waals surface area contributed by atoms with Gasteiger partial charge in [0.15, 0.2) is 0 Å². The first-order chi connectivity index (χ1) is 23.3. The number of aromatic nitrogens is 3. The molecule has 3 heterocycles. The lowest BCUT2D eigenvalue weighted by molar-refractivity contribution is -0.118. The number of rotatable bonds is 13. The number of amides is 1. The Labute approximate surface area is 284 Å². The van der Waals surface area contributed by atoms with Gasteiger partial charge in [0.05, 0.1) is 44.5 Å². The van der Waals surface area contributed by atoms with Crippen LogP contribution in [0.1, 0.15) is 49.4 Å². The third-order valence-corrected chi connectivity index (χ3v) is 14.6. The molecule has 1 fully saturated rings. The fraction of sp³-hybridized carbons (Fsp3) is 0.421. The lowest BCUT2D eigenvalue weighted by atomic mass is 9.95. The summed E-state index contributed by atoms with van der Waals surface area (Å²) in [6, 6.07) is 27.0. The van der Waals surface area contributed by atoms with Gasteiger partial charge in [-0.1, -0.05) is 85.0 Å². The molecule has 1 saturated heterocycles. The standard InChI is InChI=1S/C38H47N5O4Si/c1-27-35(19-13-28-9-8-12-31(25-28)43-37(45)20-18-34(40-43)29-10-6-5-7-11-29)47-36(21-23-42-26-30(22-24-44)39-41-42)38(27)48(3,4)33-16-14-32(46-2)15-17-33/h5-12,14-17,25-27,35-36,38,44H,13,18-24H2,1-4H3/t27-,35+,36-,38+/m1/s1. The molecule has 0 bridgehead atoms. The molecule has 252 valence electrons. The number of nitrogens with zero attached hydrogens (tertiary/aromatic N) is 5. The van der Waals surface area contributed by atoms with Crippen LogP contribution in [0.4, 0.5) is 5.69 Å². The lowest BCUT2D eigenvalue weighted by Crippen LogP contribution is -2.50. The number of hydrazone groups is 1.